The highest BCUT2D eigenvalue weighted by molar-refractivity contribution is 7.80. The molecule has 18 heavy (non-hydrogen) atoms. The zero-order chi connectivity index (χ0) is 13.0. The van der Waals surface area contributed by atoms with Crippen molar-refractivity contribution < 1.29 is 4.79 Å². The Labute approximate surface area is 114 Å². The highest BCUT2D eigenvalue weighted by Gasteiger charge is 2.24. The number of amides is 1. The third kappa shape index (κ3) is 3.06. The smallest absolute Gasteiger partial charge is 0.254 e. The molecule has 4 heteroatoms. The predicted molar refractivity (Wildman–Crippen MR) is 76.3 cm³/mol. The summed E-state index contributed by atoms with van der Waals surface area (Å²) in [6.45, 7) is 4.81. The summed E-state index contributed by atoms with van der Waals surface area (Å²) in [5.74, 6) is 0.125. The van der Waals surface area contributed by atoms with Gasteiger partial charge in [0.15, 0.2) is 0 Å². The van der Waals surface area contributed by atoms with Crippen molar-refractivity contribution >= 4 is 18.5 Å². The summed E-state index contributed by atoms with van der Waals surface area (Å²) < 4.78 is 0. The molecule has 0 aliphatic carbocycles. The van der Waals surface area contributed by atoms with Gasteiger partial charge >= 0.3 is 0 Å². The minimum Gasteiger partial charge on any atom is -0.336 e. The van der Waals surface area contributed by atoms with Gasteiger partial charge in [0.2, 0.25) is 0 Å². The Morgan fingerprint density at radius 2 is 2.17 bits per heavy atom. The van der Waals surface area contributed by atoms with Crippen LogP contribution in [0, 0.1) is 0 Å². The quantitative estimate of drug-likeness (QED) is 0.820. The van der Waals surface area contributed by atoms with Crippen LogP contribution < -0.4 is 5.32 Å². The fourth-order valence-corrected chi connectivity index (χ4v) is 2.72. The van der Waals surface area contributed by atoms with E-state index in [4.69, 9.17) is 0 Å². The Balaban J connectivity index is 2.14. The fourth-order valence-electron chi connectivity index (χ4n) is 2.49. The van der Waals surface area contributed by atoms with Gasteiger partial charge in [0.05, 0.1) is 0 Å². The van der Waals surface area contributed by atoms with E-state index in [-0.39, 0.29) is 5.91 Å². The van der Waals surface area contributed by atoms with Gasteiger partial charge in [-0.2, -0.15) is 0 Å². The lowest BCUT2D eigenvalue weighted by Gasteiger charge is -2.34. The molecule has 0 radical (unpaired) electrons. The Bertz CT molecular complexity index is 416. The van der Waals surface area contributed by atoms with E-state index < -0.39 is 0 Å². The van der Waals surface area contributed by atoms with Crippen LogP contribution in [0.5, 0.6) is 0 Å². The number of nitrogens with one attached hydrogen (secondary N) is 1. The van der Waals surface area contributed by atoms with Crippen LogP contribution in [-0.2, 0) is 0 Å². The number of rotatable bonds is 3. The highest BCUT2D eigenvalue weighted by atomic mass is 32.1. The van der Waals surface area contributed by atoms with Crippen molar-refractivity contribution in [3.8, 4) is 0 Å². The van der Waals surface area contributed by atoms with Crippen molar-refractivity contribution in [2.75, 3.05) is 19.6 Å². The van der Waals surface area contributed by atoms with Gasteiger partial charge in [0.1, 0.15) is 0 Å². The molecular weight excluding hydrogens is 244 g/mol. The Hall–Kier alpha value is -1.00. The lowest BCUT2D eigenvalue weighted by atomic mass is 10.0. The van der Waals surface area contributed by atoms with Crippen LogP contribution in [0.1, 0.15) is 30.1 Å². The molecule has 1 aromatic carbocycles. The molecule has 1 saturated heterocycles. The van der Waals surface area contributed by atoms with Crippen LogP contribution in [0.3, 0.4) is 0 Å². The van der Waals surface area contributed by atoms with Crippen molar-refractivity contribution in [3.05, 3.63) is 29.8 Å². The Kier molecular flexibility index (Phi) is 4.66. The number of hydrogen-bond donors (Lipinski definition) is 2. The number of benzene rings is 1. The molecule has 0 bridgehead atoms. The van der Waals surface area contributed by atoms with Gasteiger partial charge in [-0.05, 0) is 51.1 Å². The number of nitrogens with zero attached hydrogens (tertiary/aromatic N) is 1. The standard InChI is InChI=1S/C14H20N2OS/c1-2-16(12-6-8-15-9-7-12)14(17)11-4-3-5-13(18)10-11/h3-5,10,12,15,18H,2,6-9H2,1H3. The molecule has 1 fully saturated rings. The molecule has 3 nitrogen and oxygen atoms in total. The summed E-state index contributed by atoms with van der Waals surface area (Å²) in [6, 6.07) is 7.85. The van der Waals surface area contributed by atoms with Crippen LogP contribution >= 0.6 is 12.6 Å². The summed E-state index contributed by atoms with van der Waals surface area (Å²) in [6.07, 6.45) is 2.08. The minimum absolute atomic E-state index is 0.125. The van der Waals surface area contributed by atoms with Gasteiger partial charge in [-0.15, -0.1) is 12.6 Å². The largest absolute Gasteiger partial charge is 0.336 e. The molecule has 98 valence electrons. The molecule has 2 rings (SSSR count). The van der Waals surface area contributed by atoms with Gasteiger partial charge in [0.25, 0.3) is 5.91 Å². The molecule has 1 amide bonds. The second kappa shape index (κ2) is 6.25. The van der Waals surface area contributed by atoms with Crippen LogP contribution in [0.15, 0.2) is 29.2 Å². The molecule has 1 N–H and O–H groups in total. The van der Waals surface area contributed by atoms with E-state index in [1.165, 1.54) is 0 Å². The molecule has 1 heterocycles. The van der Waals surface area contributed by atoms with Gasteiger partial charge in [-0.3, -0.25) is 4.79 Å². The van der Waals surface area contributed by atoms with E-state index in [9.17, 15) is 4.79 Å². The van der Waals surface area contributed by atoms with E-state index in [1.807, 2.05) is 36.1 Å². The third-order valence-electron chi connectivity index (χ3n) is 3.44. The lowest BCUT2D eigenvalue weighted by Crippen LogP contribution is -2.46. The molecule has 0 spiro atoms. The average Bonchev–Trinajstić information content (AvgIpc) is 2.41. The Morgan fingerprint density at radius 3 is 2.78 bits per heavy atom. The monoisotopic (exact) mass is 264 g/mol. The van der Waals surface area contributed by atoms with Crippen molar-refractivity contribution in [1.29, 1.82) is 0 Å². The second-order valence-corrected chi connectivity index (χ2v) is 5.14. The van der Waals surface area contributed by atoms with Crippen molar-refractivity contribution in [1.82, 2.24) is 10.2 Å². The second-order valence-electron chi connectivity index (χ2n) is 4.62. The van der Waals surface area contributed by atoms with E-state index in [0.29, 0.717) is 6.04 Å². The van der Waals surface area contributed by atoms with Crippen LogP contribution in [0.2, 0.25) is 0 Å². The van der Waals surface area contributed by atoms with Gasteiger partial charge in [-0.25, -0.2) is 0 Å². The molecule has 0 atom stereocenters. The summed E-state index contributed by atoms with van der Waals surface area (Å²) in [5.41, 5.74) is 0.739. The molecule has 0 saturated carbocycles. The van der Waals surface area contributed by atoms with Crippen LogP contribution in [-0.4, -0.2) is 36.5 Å². The zero-order valence-electron chi connectivity index (χ0n) is 10.7. The maximum atomic E-state index is 12.5. The first-order valence-electron chi connectivity index (χ1n) is 6.53. The fraction of sp³-hybridized carbons (Fsp3) is 0.500. The summed E-state index contributed by atoms with van der Waals surface area (Å²) in [7, 11) is 0. The normalized spacial score (nSPS) is 16.6. The van der Waals surface area contributed by atoms with E-state index in [1.54, 1.807) is 0 Å². The van der Waals surface area contributed by atoms with Crippen molar-refractivity contribution in [2.45, 2.75) is 30.7 Å². The number of hydrogen-bond acceptors (Lipinski definition) is 3. The van der Waals surface area contributed by atoms with E-state index in [0.717, 1.165) is 42.9 Å². The molecule has 1 aromatic rings. The topological polar surface area (TPSA) is 32.3 Å². The lowest BCUT2D eigenvalue weighted by molar-refractivity contribution is 0.0656. The molecule has 1 aliphatic heterocycles. The third-order valence-corrected chi connectivity index (χ3v) is 3.72. The number of carbonyl (C=O) groups excluding carboxylic acids is 1. The average molecular weight is 264 g/mol. The highest BCUT2D eigenvalue weighted by Crippen LogP contribution is 2.17. The molecule has 1 aliphatic rings. The summed E-state index contributed by atoms with van der Waals surface area (Å²) in [4.78, 5) is 15.3. The zero-order valence-corrected chi connectivity index (χ0v) is 11.6. The van der Waals surface area contributed by atoms with Crippen molar-refractivity contribution in [3.63, 3.8) is 0 Å². The molecule has 0 unspecified atom stereocenters. The van der Waals surface area contributed by atoms with E-state index in [2.05, 4.69) is 17.9 Å². The SMILES string of the molecule is CCN(C(=O)c1cccc(S)c1)C1CCNCC1. The first-order chi connectivity index (χ1) is 8.72. The Morgan fingerprint density at radius 1 is 1.44 bits per heavy atom. The maximum absolute atomic E-state index is 12.5. The van der Waals surface area contributed by atoms with E-state index >= 15 is 0 Å². The predicted octanol–water partition coefficient (Wildman–Crippen LogP) is 2.19. The summed E-state index contributed by atoms with van der Waals surface area (Å²) in [5, 5.41) is 3.33. The minimum atomic E-state index is 0.125. The number of carbonyl (C=O) groups is 1. The maximum Gasteiger partial charge on any atom is 0.254 e. The van der Waals surface area contributed by atoms with Gasteiger partial charge in [0, 0.05) is 23.0 Å². The number of thiol groups is 1. The van der Waals surface area contributed by atoms with Crippen molar-refractivity contribution in [2.24, 2.45) is 0 Å². The summed E-state index contributed by atoms with van der Waals surface area (Å²) >= 11 is 4.29. The molecular formula is C14H20N2OS. The van der Waals surface area contributed by atoms with Crippen LogP contribution in [0.4, 0.5) is 0 Å². The van der Waals surface area contributed by atoms with Gasteiger partial charge < -0.3 is 10.2 Å². The first kappa shape index (κ1) is 13.4. The number of piperidine rings is 1. The van der Waals surface area contributed by atoms with Crippen LogP contribution in [0.25, 0.3) is 0 Å². The van der Waals surface area contributed by atoms with Gasteiger partial charge in [-0.1, -0.05) is 6.07 Å². The first-order valence-corrected chi connectivity index (χ1v) is 6.98. The molecule has 0 aromatic heterocycles.